The Labute approximate surface area is 110 Å². The highest BCUT2D eigenvalue weighted by atomic mass is 32.2. The highest BCUT2D eigenvalue weighted by Gasteiger charge is 2.16. The minimum Gasteiger partial charge on any atom is -0.356 e. The summed E-state index contributed by atoms with van der Waals surface area (Å²) in [7, 11) is -3.62. The van der Waals surface area contributed by atoms with Crippen LogP contribution in [0.2, 0.25) is 0 Å². The van der Waals surface area contributed by atoms with Gasteiger partial charge >= 0.3 is 0 Å². The molecule has 0 radical (unpaired) electrons. The van der Waals surface area contributed by atoms with Crippen molar-refractivity contribution in [2.75, 3.05) is 13.1 Å². The van der Waals surface area contributed by atoms with Gasteiger partial charge in [-0.3, -0.25) is 4.79 Å². The molecule has 1 aromatic rings. The van der Waals surface area contributed by atoms with Crippen molar-refractivity contribution in [2.24, 2.45) is 0 Å². The van der Waals surface area contributed by atoms with Crippen LogP contribution < -0.4 is 10.0 Å². The van der Waals surface area contributed by atoms with E-state index in [0.717, 1.165) is 11.3 Å². The molecule has 98 valence electrons. The van der Waals surface area contributed by atoms with Gasteiger partial charge in [-0.2, -0.15) is 5.26 Å². The number of sulfonamides is 1. The van der Waals surface area contributed by atoms with E-state index in [9.17, 15) is 13.2 Å². The lowest BCUT2D eigenvalue weighted by Crippen LogP contribution is -2.30. The van der Waals surface area contributed by atoms with Gasteiger partial charge in [0.2, 0.25) is 15.9 Å². The fraction of sp³-hybridized carbons (Fsp3) is 0.400. The third-order valence-corrected chi connectivity index (χ3v) is 4.92. The van der Waals surface area contributed by atoms with Crippen molar-refractivity contribution in [2.45, 2.75) is 17.6 Å². The molecule has 0 saturated carbocycles. The zero-order valence-corrected chi connectivity index (χ0v) is 11.4. The molecule has 6 nitrogen and oxygen atoms in total. The molecule has 0 fully saturated rings. The van der Waals surface area contributed by atoms with Gasteiger partial charge in [0.1, 0.15) is 15.2 Å². The number of carbonyl (C=O) groups excluding carboxylic acids is 1. The van der Waals surface area contributed by atoms with Crippen LogP contribution >= 0.6 is 11.3 Å². The second-order valence-corrected chi connectivity index (χ2v) is 6.41. The van der Waals surface area contributed by atoms with Crippen LogP contribution in [0.15, 0.2) is 16.3 Å². The van der Waals surface area contributed by atoms with Crippen LogP contribution in [0, 0.1) is 11.3 Å². The van der Waals surface area contributed by atoms with E-state index >= 15 is 0 Å². The number of carbonyl (C=O) groups is 1. The van der Waals surface area contributed by atoms with Crippen molar-refractivity contribution in [3.8, 4) is 6.07 Å². The fourth-order valence-electron chi connectivity index (χ4n) is 1.18. The second kappa shape index (κ2) is 6.49. The first-order valence-corrected chi connectivity index (χ1v) is 7.56. The minimum atomic E-state index is -3.62. The van der Waals surface area contributed by atoms with Gasteiger partial charge in [0.05, 0.1) is 0 Å². The Bertz CT molecular complexity index is 557. The molecular weight excluding hydrogens is 274 g/mol. The number of nitriles is 1. The summed E-state index contributed by atoms with van der Waals surface area (Å²) in [5.74, 6) is -0.205. The SMILES string of the molecule is CCNC(=O)CCNS(=O)(=O)c1ccc(C#N)s1. The van der Waals surface area contributed by atoms with Gasteiger partial charge in [0.25, 0.3) is 0 Å². The monoisotopic (exact) mass is 287 g/mol. The Morgan fingerprint density at radius 1 is 1.50 bits per heavy atom. The zero-order valence-electron chi connectivity index (χ0n) is 9.76. The van der Waals surface area contributed by atoms with Crippen molar-refractivity contribution < 1.29 is 13.2 Å². The molecule has 0 aliphatic rings. The Hall–Kier alpha value is -1.43. The summed E-state index contributed by atoms with van der Waals surface area (Å²) in [6.45, 7) is 2.34. The normalized spacial score (nSPS) is 10.9. The number of hydrogen-bond acceptors (Lipinski definition) is 5. The first-order chi connectivity index (χ1) is 8.49. The molecule has 0 aliphatic heterocycles. The molecule has 1 aromatic heterocycles. The third kappa shape index (κ3) is 4.10. The number of amides is 1. The van der Waals surface area contributed by atoms with E-state index < -0.39 is 10.0 Å². The van der Waals surface area contributed by atoms with E-state index in [2.05, 4.69) is 10.0 Å². The lowest BCUT2D eigenvalue weighted by atomic mass is 10.4. The molecule has 0 unspecified atom stereocenters. The molecule has 1 heterocycles. The van der Waals surface area contributed by atoms with Crippen molar-refractivity contribution in [1.82, 2.24) is 10.0 Å². The molecule has 0 bridgehead atoms. The Balaban J connectivity index is 2.55. The highest BCUT2D eigenvalue weighted by Crippen LogP contribution is 2.20. The van der Waals surface area contributed by atoms with Gasteiger partial charge in [0.15, 0.2) is 0 Å². The van der Waals surface area contributed by atoms with E-state index in [1.165, 1.54) is 12.1 Å². The summed E-state index contributed by atoms with van der Waals surface area (Å²) in [5, 5.41) is 11.2. The number of hydrogen-bond donors (Lipinski definition) is 2. The summed E-state index contributed by atoms with van der Waals surface area (Å²) in [5.41, 5.74) is 0. The smallest absolute Gasteiger partial charge is 0.250 e. The average Bonchev–Trinajstić information content (AvgIpc) is 2.78. The number of nitrogens with one attached hydrogen (secondary N) is 2. The second-order valence-electron chi connectivity index (χ2n) is 3.33. The van der Waals surface area contributed by atoms with Gasteiger partial charge in [-0.15, -0.1) is 11.3 Å². The molecule has 8 heteroatoms. The molecule has 1 amide bonds. The lowest BCUT2D eigenvalue weighted by Gasteiger charge is -2.04. The van der Waals surface area contributed by atoms with Crippen LogP contribution in [0.3, 0.4) is 0 Å². The first-order valence-electron chi connectivity index (χ1n) is 5.26. The maximum atomic E-state index is 11.8. The van der Waals surface area contributed by atoms with Gasteiger partial charge in [0, 0.05) is 19.5 Å². The van der Waals surface area contributed by atoms with Crippen LogP contribution in [0.4, 0.5) is 0 Å². The molecular formula is C10H13N3O3S2. The summed E-state index contributed by atoms with van der Waals surface area (Å²) >= 11 is 0.897. The Kier molecular flexibility index (Phi) is 5.27. The maximum Gasteiger partial charge on any atom is 0.250 e. The van der Waals surface area contributed by atoms with Crippen LogP contribution in [-0.2, 0) is 14.8 Å². The number of nitrogens with zero attached hydrogens (tertiary/aromatic N) is 1. The molecule has 1 rings (SSSR count). The summed E-state index contributed by atoms with van der Waals surface area (Å²) in [6, 6.07) is 4.69. The van der Waals surface area contributed by atoms with E-state index in [4.69, 9.17) is 5.26 Å². The summed E-state index contributed by atoms with van der Waals surface area (Å²) in [6.07, 6.45) is 0.0869. The van der Waals surface area contributed by atoms with Crippen molar-refractivity contribution >= 4 is 27.3 Å². The topological polar surface area (TPSA) is 99.1 Å². The minimum absolute atomic E-state index is 0.0357. The standard InChI is InChI=1S/C10H13N3O3S2/c1-2-12-9(14)5-6-13-18(15,16)10-4-3-8(7-11)17-10/h3-4,13H,2,5-6H2,1H3,(H,12,14). The van der Waals surface area contributed by atoms with Gasteiger partial charge in [-0.1, -0.05) is 0 Å². The summed E-state index contributed by atoms with van der Waals surface area (Å²) < 4.78 is 25.9. The molecule has 0 atom stereocenters. The molecule has 18 heavy (non-hydrogen) atoms. The molecule has 0 aromatic carbocycles. The predicted molar refractivity (Wildman–Crippen MR) is 67.5 cm³/mol. The molecule has 0 saturated heterocycles. The fourth-order valence-corrected chi connectivity index (χ4v) is 3.36. The van der Waals surface area contributed by atoms with Gasteiger partial charge in [-0.25, -0.2) is 13.1 Å². The van der Waals surface area contributed by atoms with E-state index in [1.54, 1.807) is 6.92 Å². The van der Waals surface area contributed by atoms with Gasteiger partial charge < -0.3 is 5.32 Å². The maximum absolute atomic E-state index is 11.8. The quantitative estimate of drug-likeness (QED) is 0.792. The number of rotatable bonds is 6. The highest BCUT2D eigenvalue weighted by molar-refractivity contribution is 7.91. The van der Waals surface area contributed by atoms with Crippen LogP contribution in [0.1, 0.15) is 18.2 Å². The Morgan fingerprint density at radius 2 is 2.22 bits per heavy atom. The van der Waals surface area contributed by atoms with Crippen molar-refractivity contribution in [3.63, 3.8) is 0 Å². The van der Waals surface area contributed by atoms with Gasteiger partial charge in [-0.05, 0) is 19.1 Å². The Morgan fingerprint density at radius 3 is 2.78 bits per heavy atom. The van der Waals surface area contributed by atoms with E-state index in [-0.39, 0.29) is 23.1 Å². The van der Waals surface area contributed by atoms with Crippen molar-refractivity contribution in [1.29, 1.82) is 5.26 Å². The molecule has 0 aliphatic carbocycles. The van der Waals surface area contributed by atoms with E-state index in [1.807, 2.05) is 6.07 Å². The number of thiophene rings is 1. The predicted octanol–water partition coefficient (Wildman–Crippen LogP) is 0.424. The third-order valence-electron chi connectivity index (χ3n) is 1.97. The van der Waals surface area contributed by atoms with Crippen LogP contribution in [-0.4, -0.2) is 27.4 Å². The van der Waals surface area contributed by atoms with Crippen molar-refractivity contribution in [3.05, 3.63) is 17.0 Å². The zero-order chi connectivity index (χ0) is 13.6. The molecule has 0 spiro atoms. The van der Waals surface area contributed by atoms with E-state index in [0.29, 0.717) is 11.4 Å². The van der Waals surface area contributed by atoms with Crippen LogP contribution in [0.5, 0.6) is 0 Å². The average molecular weight is 287 g/mol. The summed E-state index contributed by atoms with van der Waals surface area (Å²) in [4.78, 5) is 11.5. The lowest BCUT2D eigenvalue weighted by molar-refractivity contribution is -0.120. The first kappa shape index (κ1) is 14.6. The largest absolute Gasteiger partial charge is 0.356 e. The molecule has 2 N–H and O–H groups in total. The van der Waals surface area contributed by atoms with Crippen LogP contribution in [0.25, 0.3) is 0 Å².